The van der Waals surface area contributed by atoms with Gasteiger partial charge in [0, 0.05) is 10.5 Å². The molecule has 0 aliphatic carbocycles. The van der Waals surface area contributed by atoms with Crippen LogP contribution in [0.3, 0.4) is 0 Å². The standard InChI is InChI=1S/C26H20N6O10S2.2Na/c27-25(35)19-9-13(3-7-21(19)33)29-31-15-1-5-17(23(11-15)43-42-41-37)18-6-2-16(12-24(18)44(38,39)40)32-30-14-4-8-22(34)20(10-14)26(28)36;;/h1-12,33-34,37H,(H2,27,35)(H2,28,36)(H,38,39,40);;/q;2*+1/p-2. The third kappa shape index (κ3) is 9.88. The van der Waals surface area contributed by atoms with Gasteiger partial charge < -0.3 is 31.5 Å². The number of benzene rings is 4. The molecule has 0 spiro atoms. The van der Waals surface area contributed by atoms with Crippen molar-refractivity contribution in [2.45, 2.75) is 9.79 Å². The van der Waals surface area contributed by atoms with Crippen molar-refractivity contribution in [1.82, 2.24) is 0 Å². The predicted octanol–water partition coefficient (Wildman–Crippen LogP) is -2.06. The average molecular weight is 685 g/mol. The number of nitrogens with zero attached hydrogens (tertiary/aromatic N) is 4. The van der Waals surface area contributed by atoms with Gasteiger partial charge in [0.2, 0.25) is 0 Å². The van der Waals surface area contributed by atoms with Gasteiger partial charge in [-0.15, -0.1) is 0 Å². The van der Waals surface area contributed by atoms with Gasteiger partial charge in [-0.05, 0) is 66.2 Å². The summed E-state index contributed by atoms with van der Waals surface area (Å²) in [7, 11) is -5.11. The van der Waals surface area contributed by atoms with Gasteiger partial charge in [0.1, 0.15) is 21.6 Å². The van der Waals surface area contributed by atoms with E-state index in [1.54, 1.807) is 0 Å². The van der Waals surface area contributed by atoms with Crippen molar-refractivity contribution in [1.29, 1.82) is 0 Å². The molecule has 0 radical (unpaired) electrons. The number of carbonyl (C=O) groups excluding carboxylic acids is 2. The van der Waals surface area contributed by atoms with E-state index in [0.717, 1.165) is 6.07 Å². The van der Waals surface area contributed by atoms with Crippen LogP contribution in [-0.4, -0.2) is 35.0 Å². The Labute approximate surface area is 308 Å². The monoisotopic (exact) mass is 684 g/mol. The number of aromatic hydroxyl groups is 2. The predicted molar refractivity (Wildman–Crippen MR) is 149 cm³/mol. The summed E-state index contributed by atoms with van der Waals surface area (Å²) in [5, 5.41) is 49.2. The number of rotatable bonds is 11. The SMILES string of the molecule is NC(=O)c1cc(N=Nc2ccc(-c3ccc(N=Nc4ccc(O)c(C(N)=O)c4)cc3S(=O)(=O)[O-])c(SOO[O-])c2)ccc1O.[Na+].[Na+]. The number of hydrogen-bond donors (Lipinski definition) is 4. The van der Waals surface area contributed by atoms with E-state index < -0.39 is 26.8 Å². The Bertz CT molecular complexity index is 1940. The topological polar surface area (TPSA) is 275 Å². The van der Waals surface area contributed by atoms with Crippen LogP contribution in [0, 0.1) is 0 Å². The quantitative estimate of drug-likeness (QED) is 0.0333. The van der Waals surface area contributed by atoms with E-state index in [1.165, 1.54) is 66.7 Å². The smallest absolute Gasteiger partial charge is 0.744 e. The summed E-state index contributed by atoms with van der Waals surface area (Å²) in [4.78, 5) is 22.3. The fourth-order valence-corrected chi connectivity index (χ4v) is 4.97. The molecule has 0 bridgehead atoms. The molecule has 0 unspecified atom stereocenters. The van der Waals surface area contributed by atoms with Crippen molar-refractivity contribution in [3.63, 3.8) is 0 Å². The summed E-state index contributed by atoms with van der Waals surface area (Å²) in [6.45, 7) is 0. The van der Waals surface area contributed by atoms with E-state index in [9.17, 15) is 38.0 Å². The minimum Gasteiger partial charge on any atom is -0.744 e. The molecule has 0 atom stereocenters. The zero-order valence-corrected chi connectivity index (χ0v) is 29.5. The molecule has 0 aromatic heterocycles. The van der Waals surface area contributed by atoms with Gasteiger partial charge in [0.15, 0.2) is 0 Å². The maximum absolute atomic E-state index is 12.3. The third-order valence-corrected chi connectivity index (χ3v) is 7.21. The van der Waals surface area contributed by atoms with Gasteiger partial charge in [0.25, 0.3) is 11.8 Å². The number of hydrogen-bond acceptors (Lipinski definition) is 15. The molecule has 0 saturated carbocycles. The third-order valence-electron chi connectivity index (χ3n) is 5.69. The van der Waals surface area contributed by atoms with Crippen LogP contribution >= 0.6 is 12.0 Å². The molecule has 0 fully saturated rings. The molecule has 16 nitrogen and oxygen atoms in total. The average Bonchev–Trinajstić information content (AvgIpc) is 2.98. The Kier molecular flexibility index (Phi) is 14.4. The van der Waals surface area contributed by atoms with Gasteiger partial charge in [-0.1, -0.05) is 12.1 Å². The number of carbonyl (C=O) groups is 2. The summed E-state index contributed by atoms with van der Waals surface area (Å²) < 4.78 is 41.2. The van der Waals surface area contributed by atoms with Crippen LogP contribution in [0.15, 0.2) is 103 Å². The number of phenols is 2. The maximum atomic E-state index is 12.3. The Hall–Kier alpha value is -3.24. The molecule has 20 heteroatoms. The van der Waals surface area contributed by atoms with Gasteiger partial charge in [-0.2, -0.15) is 24.8 Å². The Morgan fingerprint density at radius 3 is 1.54 bits per heavy atom. The van der Waals surface area contributed by atoms with Crippen molar-refractivity contribution in [2.24, 2.45) is 31.9 Å². The van der Waals surface area contributed by atoms with Crippen LogP contribution in [0.2, 0.25) is 0 Å². The second-order valence-corrected chi connectivity index (χ2v) is 10.7. The van der Waals surface area contributed by atoms with E-state index in [4.69, 9.17) is 11.5 Å². The molecule has 0 heterocycles. The van der Waals surface area contributed by atoms with Crippen LogP contribution in [0.25, 0.3) is 11.1 Å². The zero-order valence-electron chi connectivity index (χ0n) is 23.8. The molecule has 46 heavy (non-hydrogen) atoms. The summed E-state index contributed by atoms with van der Waals surface area (Å²) in [6, 6.07) is 15.1. The number of azo groups is 2. The largest absolute Gasteiger partial charge is 1.00 e. The van der Waals surface area contributed by atoms with Crippen LogP contribution in [0.1, 0.15) is 20.7 Å². The molecule has 0 aliphatic heterocycles. The second-order valence-electron chi connectivity index (χ2n) is 8.57. The normalized spacial score (nSPS) is 11.3. The Morgan fingerprint density at radius 2 is 1.11 bits per heavy atom. The fraction of sp³-hybridized carbons (Fsp3) is 0. The molecule has 6 N–H and O–H groups in total. The van der Waals surface area contributed by atoms with Gasteiger partial charge in [-0.3, -0.25) is 14.6 Å². The fourth-order valence-electron chi connectivity index (χ4n) is 3.72. The first-order valence-electron chi connectivity index (χ1n) is 11.8. The summed E-state index contributed by atoms with van der Waals surface area (Å²) in [5.74, 6) is -2.51. The molecule has 4 aromatic carbocycles. The van der Waals surface area contributed by atoms with Crippen LogP contribution in [0.4, 0.5) is 22.7 Å². The Balaban J connectivity index is 0.00000368. The molecular formula is C26H18N6Na2O10S2. The van der Waals surface area contributed by atoms with E-state index >= 15 is 0 Å². The minimum atomic E-state index is -5.11. The molecular weight excluding hydrogens is 666 g/mol. The van der Waals surface area contributed by atoms with Crippen LogP contribution in [-0.2, 0) is 19.5 Å². The van der Waals surface area contributed by atoms with Crippen molar-refractivity contribution in [2.75, 3.05) is 0 Å². The number of amides is 2. The summed E-state index contributed by atoms with van der Waals surface area (Å²) >= 11 is 0.394. The van der Waals surface area contributed by atoms with Crippen LogP contribution in [0.5, 0.6) is 11.5 Å². The van der Waals surface area contributed by atoms with E-state index in [1.807, 2.05) is 0 Å². The number of nitrogens with two attached hydrogens (primary N) is 2. The van der Waals surface area contributed by atoms with Gasteiger partial charge in [0.05, 0.1) is 50.8 Å². The van der Waals surface area contributed by atoms with Gasteiger partial charge >= 0.3 is 59.1 Å². The zero-order chi connectivity index (χ0) is 32.0. The first-order chi connectivity index (χ1) is 20.9. The molecule has 0 saturated heterocycles. The van der Waals surface area contributed by atoms with Gasteiger partial charge in [-0.25, -0.2) is 8.42 Å². The van der Waals surface area contributed by atoms with E-state index in [2.05, 4.69) is 29.8 Å². The van der Waals surface area contributed by atoms with Crippen LogP contribution < -0.4 is 75.8 Å². The second kappa shape index (κ2) is 17.1. The number of primary amides is 2. The van der Waals surface area contributed by atoms with Crippen molar-refractivity contribution >= 4 is 56.7 Å². The first kappa shape index (κ1) is 38.9. The van der Waals surface area contributed by atoms with E-state index in [-0.39, 0.29) is 121 Å². The van der Waals surface area contributed by atoms with Crippen molar-refractivity contribution in [3.8, 4) is 22.6 Å². The Morgan fingerprint density at radius 1 is 0.696 bits per heavy atom. The molecule has 0 aliphatic rings. The summed E-state index contributed by atoms with van der Waals surface area (Å²) in [5.41, 5.74) is 10.4. The molecule has 226 valence electrons. The molecule has 4 rings (SSSR count). The maximum Gasteiger partial charge on any atom is 1.00 e. The first-order valence-corrected chi connectivity index (χ1v) is 14.0. The summed E-state index contributed by atoms with van der Waals surface area (Å²) in [6.07, 6.45) is 0. The minimum absolute atomic E-state index is 0. The van der Waals surface area contributed by atoms with Crippen molar-refractivity contribution in [3.05, 3.63) is 83.9 Å². The molecule has 2 amide bonds. The van der Waals surface area contributed by atoms with E-state index in [0.29, 0.717) is 12.0 Å². The molecule has 4 aromatic rings. The van der Waals surface area contributed by atoms with Crippen molar-refractivity contribution < 1.29 is 107 Å².